The summed E-state index contributed by atoms with van der Waals surface area (Å²) >= 11 is 0. The number of nitrogens with one attached hydrogen (secondary N) is 1. The van der Waals surface area contributed by atoms with E-state index in [1.807, 2.05) is 5.32 Å². The molecule has 0 atom stereocenters. The van der Waals surface area contributed by atoms with Gasteiger partial charge in [0.25, 0.3) is 12.3 Å². The van der Waals surface area contributed by atoms with Gasteiger partial charge in [0, 0.05) is 0 Å². The van der Waals surface area contributed by atoms with E-state index in [1.54, 1.807) is 0 Å². The summed E-state index contributed by atoms with van der Waals surface area (Å²) in [6.07, 6.45) is -2.58. The van der Waals surface area contributed by atoms with Crippen molar-refractivity contribution in [3.05, 3.63) is 17.8 Å². The van der Waals surface area contributed by atoms with Gasteiger partial charge < -0.3 is 11.1 Å². The summed E-state index contributed by atoms with van der Waals surface area (Å²) in [6.45, 7) is -0.703. The Hall–Kier alpha value is -1.79. The average molecular weight is 202 g/mol. The SMILES string of the molecule is Nc1ccc(C(=O)NCC(F)F)nn1. The first-order valence-corrected chi connectivity index (χ1v) is 3.75. The Kier molecular flexibility index (Phi) is 3.27. The van der Waals surface area contributed by atoms with Crippen LogP contribution in [0.3, 0.4) is 0 Å². The van der Waals surface area contributed by atoms with Gasteiger partial charge in [-0.3, -0.25) is 4.79 Å². The maximum Gasteiger partial charge on any atom is 0.271 e. The van der Waals surface area contributed by atoms with Gasteiger partial charge in [0.1, 0.15) is 5.82 Å². The van der Waals surface area contributed by atoms with Crippen molar-refractivity contribution in [1.82, 2.24) is 15.5 Å². The molecule has 76 valence electrons. The first-order chi connectivity index (χ1) is 6.59. The highest BCUT2D eigenvalue weighted by Crippen LogP contribution is 1.97. The lowest BCUT2D eigenvalue weighted by Gasteiger charge is -2.02. The standard InChI is InChI=1S/C7H8F2N4O/c8-5(9)3-11-7(14)4-1-2-6(10)13-12-4/h1-2,5H,3H2,(H2,10,13)(H,11,14). The Morgan fingerprint density at radius 1 is 1.50 bits per heavy atom. The number of halogens is 2. The third-order valence-corrected chi connectivity index (χ3v) is 1.33. The number of hydrogen-bond acceptors (Lipinski definition) is 4. The maximum absolute atomic E-state index is 11.7. The van der Waals surface area contributed by atoms with Crippen LogP contribution < -0.4 is 11.1 Å². The van der Waals surface area contributed by atoms with Gasteiger partial charge in [0.2, 0.25) is 0 Å². The summed E-state index contributed by atoms with van der Waals surface area (Å²) in [5.41, 5.74) is 5.18. The predicted octanol–water partition coefficient (Wildman–Crippen LogP) is 0.0537. The highest BCUT2D eigenvalue weighted by atomic mass is 19.3. The zero-order valence-corrected chi connectivity index (χ0v) is 7.08. The van der Waals surface area contributed by atoms with E-state index in [0.29, 0.717) is 0 Å². The molecule has 1 aromatic rings. The summed E-state index contributed by atoms with van der Waals surface area (Å²) in [5, 5.41) is 8.82. The average Bonchev–Trinajstić information content (AvgIpc) is 2.15. The molecule has 14 heavy (non-hydrogen) atoms. The predicted molar refractivity (Wildman–Crippen MR) is 44.8 cm³/mol. The fourth-order valence-electron chi connectivity index (χ4n) is 0.724. The van der Waals surface area contributed by atoms with Gasteiger partial charge in [-0.2, -0.15) is 0 Å². The number of nitrogen functional groups attached to an aromatic ring is 1. The highest BCUT2D eigenvalue weighted by Gasteiger charge is 2.09. The molecule has 0 saturated heterocycles. The molecule has 0 aliphatic rings. The lowest BCUT2D eigenvalue weighted by molar-refractivity contribution is 0.0886. The number of nitrogens with two attached hydrogens (primary N) is 1. The van der Waals surface area contributed by atoms with E-state index in [2.05, 4.69) is 10.2 Å². The number of aromatic nitrogens is 2. The first-order valence-electron chi connectivity index (χ1n) is 3.75. The normalized spacial score (nSPS) is 10.2. The van der Waals surface area contributed by atoms with Crippen molar-refractivity contribution >= 4 is 11.7 Å². The Balaban J connectivity index is 2.57. The fourth-order valence-corrected chi connectivity index (χ4v) is 0.724. The number of anilines is 1. The van der Waals surface area contributed by atoms with Gasteiger partial charge in [-0.05, 0) is 12.1 Å². The third-order valence-electron chi connectivity index (χ3n) is 1.33. The smallest absolute Gasteiger partial charge is 0.271 e. The van der Waals surface area contributed by atoms with Gasteiger partial charge >= 0.3 is 0 Å². The molecule has 1 amide bonds. The van der Waals surface area contributed by atoms with Crippen LogP contribution in [0.15, 0.2) is 12.1 Å². The van der Waals surface area contributed by atoms with Crippen LogP contribution in [0.5, 0.6) is 0 Å². The second-order valence-corrected chi connectivity index (χ2v) is 2.44. The van der Waals surface area contributed by atoms with E-state index in [9.17, 15) is 13.6 Å². The van der Waals surface area contributed by atoms with Gasteiger partial charge in [-0.1, -0.05) is 0 Å². The summed E-state index contributed by atoms with van der Waals surface area (Å²) in [6, 6.07) is 2.67. The van der Waals surface area contributed by atoms with Crippen LogP contribution in [0.2, 0.25) is 0 Å². The van der Waals surface area contributed by atoms with E-state index in [4.69, 9.17) is 5.73 Å². The Bertz CT molecular complexity index is 314. The van der Waals surface area contributed by atoms with Crippen molar-refractivity contribution in [3.63, 3.8) is 0 Å². The molecule has 0 unspecified atom stereocenters. The van der Waals surface area contributed by atoms with Crippen molar-refractivity contribution in [3.8, 4) is 0 Å². The molecule has 0 fully saturated rings. The number of amides is 1. The van der Waals surface area contributed by atoms with Crippen molar-refractivity contribution in [1.29, 1.82) is 0 Å². The zero-order chi connectivity index (χ0) is 10.6. The van der Waals surface area contributed by atoms with E-state index in [1.165, 1.54) is 12.1 Å². The number of nitrogens with zero attached hydrogens (tertiary/aromatic N) is 2. The van der Waals surface area contributed by atoms with Crippen molar-refractivity contribution in [2.45, 2.75) is 6.43 Å². The van der Waals surface area contributed by atoms with Crippen LogP contribution in [-0.4, -0.2) is 29.1 Å². The molecule has 0 aliphatic heterocycles. The lowest BCUT2D eigenvalue weighted by atomic mass is 10.3. The molecule has 0 saturated carbocycles. The molecule has 0 spiro atoms. The second-order valence-electron chi connectivity index (χ2n) is 2.44. The molecule has 1 aromatic heterocycles. The van der Waals surface area contributed by atoms with Crippen molar-refractivity contribution < 1.29 is 13.6 Å². The van der Waals surface area contributed by atoms with Crippen LogP contribution in [-0.2, 0) is 0 Å². The quantitative estimate of drug-likeness (QED) is 0.725. The summed E-state index contributed by atoms with van der Waals surface area (Å²) < 4.78 is 23.4. The molecular formula is C7H8F2N4O. The Morgan fingerprint density at radius 3 is 2.71 bits per heavy atom. The third kappa shape index (κ3) is 2.92. The van der Waals surface area contributed by atoms with Crippen LogP contribution in [0.1, 0.15) is 10.5 Å². The second kappa shape index (κ2) is 4.45. The molecule has 3 N–H and O–H groups in total. The number of hydrogen-bond donors (Lipinski definition) is 2. The summed E-state index contributed by atoms with van der Waals surface area (Å²) in [7, 11) is 0. The molecule has 0 aromatic carbocycles. The monoisotopic (exact) mass is 202 g/mol. The van der Waals surface area contributed by atoms with Gasteiger partial charge in [0.15, 0.2) is 5.69 Å². The minimum atomic E-state index is -2.58. The highest BCUT2D eigenvalue weighted by molar-refractivity contribution is 5.92. The number of rotatable bonds is 3. The number of alkyl halides is 2. The van der Waals surface area contributed by atoms with E-state index < -0.39 is 18.9 Å². The minimum absolute atomic E-state index is 0.0418. The first kappa shape index (κ1) is 10.3. The number of carbonyl (C=O) groups excluding carboxylic acids is 1. The Labute approximate surface area is 78.3 Å². The minimum Gasteiger partial charge on any atom is -0.382 e. The molecule has 1 heterocycles. The van der Waals surface area contributed by atoms with E-state index >= 15 is 0 Å². The Morgan fingerprint density at radius 2 is 2.21 bits per heavy atom. The molecule has 0 radical (unpaired) electrons. The maximum atomic E-state index is 11.7. The fraction of sp³-hybridized carbons (Fsp3) is 0.286. The van der Waals surface area contributed by atoms with Gasteiger partial charge in [0.05, 0.1) is 6.54 Å². The van der Waals surface area contributed by atoms with Crippen LogP contribution in [0, 0.1) is 0 Å². The summed E-state index contributed by atoms with van der Waals surface area (Å²) in [5.74, 6) is -0.534. The van der Waals surface area contributed by atoms with Gasteiger partial charge in [-0.25, -0.2) is 8.78 Å². The molecule has 0 aliphatic carbocycles. The van der Waals surface area contributed by atoms with Crippen LogP contribution in [0.25, 0.3) is 0 Å². The van der Waals surface area contributed by atoms with Crippen molar-refractivity contribution in [2.75, 3.05) is 12.3 Å². The summed E-state index contributed by atoms with van der Waals surface area (Å²) in [4.78, 5) is 11.1. The van der Waals surface area contributed by atoms with Crippen LogP contribution >= 0.6 is 0 Å². The lowest BCUT2D eigenvalue weighted by Crippen LogP contribution is -2.29. The van der Waals surface area contributed by atoms with E-state index in [0.717, 1.165) is 0 Å². The molecule has 0 bridgehead atoms. The molecule has 5 nitrogen and oxygen atoms in total. The molecular weight excluding hydrogens is 194 g/mol. The topological polar surface area (TPSA) is 80.9 Å². The zero-order valence-electron chi connectivity index (χ0n) is 7.08. The van der Waals surface area contributed by atoms with Crippen molar-refractivity contribution in [2.24, 2.45) is 0 Å². The largest absolute Gasteiger partial charge is 0.382 e. The van der Waals surface area contributed by atoms with Gasteiger partial charge in [-0.15, -0.1) is 10.2 Å². The number of carbonyl (C=O) groups is 1. The van der Waals surface area contributed by atoms with Crippen LogP contribution in [0.4, 0.5) is 14.6 Å². The van der Waals surface area contributed by atoms with E-state index in [-0.39, 0.29) is 11.5 Å². The molecule has 7 heteroatoms. The molecule has 1 rings (SSSR count).